The number of hydrogen-bond acceptors (Lipinski definition) is 3. The molecule has 1 aromatic rings. The maximum absolute atomic E-state index is 11.2. The van der Waals surface area contributed by atoms with Crippen LogP contribution >= 0.6 is 0 Å². The molecule has 0 radical (unpaired) electrons. The number of esters is 1. The van der Waals surface area contributed by atoms with E-state index in [-0.39, 0.29) is 5.97 Å². The number of carbonyl (C=O) groups excluding carboxylic acids is 1. The Bertz CT molecular complexity index is 397. The normalized spacial score (nSPS) is 11.1. The third kappa shape index (κ3) is 3.77. The van der Waals surface area contributed by atoms with Crippen LogP contribution in [0.4, 0.5) is 5.69 Å². The molecular formula is C13H17NO2. The number of benzene rings is 1. The number of para-hydroxylation sites is 1. The molecule has 1 aromatic carbocycles. The quantitative estimate of drug-likeness (QED) is 0.625. The van der Waals surface area contributed by atoms with E-state index in [1.165, 1.54) is 6.08 Å². The zero-order valence-corrected chi connectivity index (χ0v) is 9.91. The number of carbonyl (C=O) groups is 1. The number of rotatable bonds is 4. The lowest BCUT2D eigenvalue weighted by molar-refractivity contribution is -0.137. The largest absolute Gasteiger partial charge is 0.463 e. The molecule has 1 N–H and O–H groups in total. The Kier molecular flexibility index (Phi) is 4.58. The summed E-state index contributed by atoms with van der Waals surface area (Å²) in [6, 6.07) is 7.91. The fraction of sp³-hybridized carbons (Fsp3) is 0.308. The van der Waals surface area contributed by atoms with Gasteiger partial charge in [0.25, 0.3) is 0 Å². The molecule has 3 heteroatoms. The van der Waals surface area contributed by atoms with Crippen molar-refractivity contribution in [3.8, 4) is 0 Å². The molecule has 0 spiro atoms. The van der Waals surface area contributed by atoms with Crippen molar-refractivity contribution in [2.45, 2.75) is 20.8 Å². The monoisotopic (exact) mass is 219 g/mol. The number of allylic oxidation sites excluding steroid dienone is 1. The van der Waals surface area contributed by atoms with Crippen LogP contribution in [-0.2, 0) is 9.53 Å². The first-order chi connectivity index (χ1) is 7.63. The summed E-state index contributed by atoms with van der Waals surface area (Å²) < 4.78 is 4.83. The summed E-state index contributed by atoms with van der Waals surface area (Å²) in [5, 5.41) is 3.16. The molecule has 0 bridgehead atoms. The SMILES string of the molecule is CCOC(=O)/C=C(\C)Nc1ccccc1C. The molecule has 0 saturated heterocycles. The molecule has 0 heterocycles. The fourth-order valence-corrected chi connectivity index (χ4v) is 1.32. The van der Waals surface area contributed by atoms with E-state index >= 15 is 0 Å². The van der Waals surface area contributed by atoms with Gasteiger partial charge in [0.1, 0.15) is 0 Å². The second-order valence-corrected chi connectivity index (χ2v) is 3.52. The fourth-order valence-electron chi connectivity index (χ4n) is 1.32. The lowest BCUT2D eigenvalue weighted by atomic mass is 10.2. The minimum Gasteiger partial charge on any atom is -0.463 e. The van der Waals surface area contributed by atoms with Gasteiger partial charge in [0, 0.05) is 17.5 Å². The first-order valence-electron chi connectivity index (χ1n) is 5.31. The van der Waals surface area contributed by atoms with Gasteiger partial charge < -0.3 is 10.1 Å². The van der Waals surface area contributed by atoms with E-state index < -0.39 is 0 Å². The predicted molar refractivity (Wildman–Crippen MR) is 65.2 cm³/mol. The van der Waals surface area contributed by atoms with Crippen molar-refractivity contribution in [2.75, 3.05) is 11.9 Å². The van der Waals surface area contributed by atoms with Crippen LogP contribution in [0.15, 0.2) is 36.0 Å². The van der Waals surface area contributed by atoms with Gasteiger partial charge in [-0.05, 0) is 32.4 Å². The molecule has 0 saturated carbocycles. The van der Waals surface area contributed by atoms with Crippen LogP contribution < -0.4 is 5.32 Å². The van der Waals surface area contributed by atoms with E-state index in [1.54, 1.807) is 6.92 Å². The number of aryl methyl sites for hydroxylation is 1. The highest BCUT2D eigenvalue weighted by Crippen LogP contribution is 2.15. The molecule has 0 aliphatic carbocycles. The zero-order valence-electron chi connectivity index (χ0n) is 9.91. The molecule has 0 aliphatic rings. The van der Waals surface area contributed by atoms with Crippen LogP contribution in [0.3, 0.4) is 0 Å². The lowest BCUT2D eigenvalue weighted by Crippen LogP contribution is -2.04. The summed E-state index contributed by atoms with van der Waals surface area (Å²) in [6.45, 7) is 6.03. The van der Waals surface area contributed by atoms with Gasteiger partial charge in [-0.2, -0.15) is 0 Å². The molecule has 0 aliphatic heterocycles. The topological polar surface area (TPSA) is 38.3 Å². The average molecular weight is 219 g/mol. The second-order valence-electron chi connectivity index (χ2n) is 3.52. The van der Waals surface area contributed by atoms with Crippen LogP contribution in [0.25, 0.3) is 0 Å². The maximum Gasteiger partial charge on any atom is 0.332 e. The van der Waals surface area contributed by atoms with Crippen molar-refractivity contribution in [3.05, 3.63) is 41.6 Å². The van der Waals surface area contributed by atoms with Crippen LogP contribution in [0.2, 0.25) is 0 Å². The lowest BCUT2D eigenvalue weighted by Gasteiger charge is -2.09. The molecule has 0 atom stereocenters. The summed E-state index contributed by atoms with van der Waals surface area (Å²) in [4.78, 5) is 11.2. The van der Waals surface area contributed by atoms with Crippen molar-refractivity contribution in [1.82, 2.24) is 0 Å². The third-order valence-electron chi connectivity index (χ3n) is 2.10. The van der Waals surface area contributed by atoms with Gasteiger partial charge in [0.05, 0.1) is 6.61 Å². The maximum atomic E-state index is 11.2. The Hall–Kier alpha value is -1.77. The highest BCUT2D eigenvalue weighted by Gasteiger charge is 2.00. The third-order valence-corrected chi connectivity index (χ3v) is 2.10. The molecule has 0 aromatic heterocycles. The minimum atomic E-state index is -0.318. The molecule has 0 amide bonds. The smallest absolute Gasteiger partial charge is 0.332 e. The Morgan fingerprint density at radius 3 is 2.75 bits per heavy atom. The van der Waals surface area contributed by atoms with E-state index in [2.05, 4.69) is 5.32 Å². The van der Waals surface area contributed by atoms with Crippen molar-refractivity contribution in [2.24, 2.45) is 0 Å². The van der Waals surface area contributed by atoms with Gasteiger partial charge in [-0.1, -0.05) is 18.2 Å². The van der Waals surface area contributed by atoms with Gasteiger partial charge in [-0.15, -0.1) is 0 Å². The Balaban J connectivity index is 2.67. The zero-order chi connectivity index (χ0) is 12.0. The molecule has 0 fully saturated rings. The van der Waals surface area contributed by atoms with Gasteiger partial charge in [-0.3, -0.25) is 0 Å². The molecule has 0 unspecified atom stereocenters. The van der Waals surface area contributed by atoms with Crippen molar-refractivity contribution in [3.63, 3.8) is 0 Å². The number of nitrogens with one attached hydrogen (secondary N) is 1. The van der Waals surface area contributed by atoms with Gasteiger partial charge in [0.15, 0.2) is 0 Å². The standard InChI is InChI=1S/C13H17NO2/c1-4-16-13(15)9-11(3)14-12-8-6-5-7-10(12)2/h5-9,14H,4H2,1-3H3/b11-9+. The van der Waals surface area contributed by atoms with Crippen LogP contribution in [-0.4, -0.2) is 12.6 Å². The molecule has 1 rings (SSSR count). The summed E-state index contributed by atoms with van der Waals surface area (Å²) in [5.41, 5.74) is 2.91. The van der Waals surface area contributed by atoms with Crippen LogP contribution in [0.1, 0.15) is 19.4 Å². The van der Waals surface area contributed by atoms with E-state index in [0.717, 1.165) is 16.9 Å². The van der Waals surface area contributed by atoms with Crippen molar-refractivity contribution in [1.29, 1.82) is 0 Å². The van der Waals surface area contributed by atoms with Gasteiger partial charge >= 0.3 is 5.97 Å². The van der Waals surface area contributed by atoms with E-state index in [0.29, 0.717) is 6.61 Å². The Morgan fingerprint density at radius 1 is 1.44 bits per heavy atom. The van der Waals surface area contributed by atoms with E-state index in [1.807, 2.05) is 38.1 Å². The predicted octanol–water partition coefficient (Wildman–Crippen LogP) is 2.87. The minimum absolute atomic E-state index is 0.318. The summed E-state index contributed by atoms with van der Waals surface area (Å²) >= 11 is 0. The highest BCUT2D eigenvalue weighted by molar-refractivity contribution is 5.83. The average Bonchev–Trinajstić information content (AvgIpc) is 2.21. The highest BCUT2D eigenvalue weighted by atomic mass is 16.5. The Morgan fingerprint density at radius 2 is 2.12 bits per heavy atom. The van der Waals surface area contributed by atoms with Gasteiger partial charge in [0.2, 0.25) is 0 Å². The summed E-state index contributed by atoms with van der Waals surface area (Å²) in [6.07, 6.45) is 1.45. The van der Waals surface area contributed by atoms with Crippen molar-refractivity contribution < 1.29 is 9.53 Å². The first kappa shape index (κ1) is 12.3. The first-order valence-corrected chi connectivity index (χ1v) is 5.31. The number of ether oxygens (including phenoxy) is 1. The van der Waals surface area contributed by atoms with Crippen LogP contribution in [0.5, 0.6) is 0 Å². The Labute approximate surface area is 96.1 Å². The summed E-state index contributed by atoms with van der Waals surface area (Å²) in [7, 11) is 0. The molecule has 86 valence electrons. The molecular weight excluding hydrogens is 202 g/mol. The second kappa shape index (κ2) is 5.95. The summed E-state index contributed by atoms with van der Waals surface area (Å²) in [5.74, 6) is -0.318. The number of anilines is 1. The number of hydrogen-bond donors (Lipinski definition) is 1. The van der Waals surface area contributed by atoms with Gasteiger partial charge in [-0.25, -0.2) is 4.79 Å². The molecule has 16 heavy (non-hydrogen) atoms. The van der Waals surface area contributed by atoms with E-state index in [4.69, 9.17) is 4.74 Å². The van der Waals surface area contributed by atoms with Crippen molar-refractivity contribution >= 4 is 11.7 Å². The van der Waals surface area contributed by atoms with Crippen LogP contribution in [0, 0.1) is 6.92 Å². The molecule has 3 nitrogen and oxygen atoms in total. The van der Waals surface area contributed by atoms with E-state index in [9.17, 15) is 4.79 Å².